The topological polar surface area (TPSA) is 66.9 Å². The lowest BCUT2D eigenvalue weighted by Gasteiger charge is -2.22. The molecule has 0 bridgehead atoms. The molecule has 6 nitrogen and oxygen atoms in total. The number of carbonyl (C=O) groups excluding carboxylic acids is 3. The Morgan fingerprint density at radius 1 is 0.821 bits per heavy atom. The van der Waals surface area contributed by atoms with Gasteiger partial charge in [-0.25, -0.2) is 0 Å². The van der Waals surface area contributed by atoms with Crippen LogP contribution < -0.4 is 4.74 Å². The van der Waals surface area contributed by atoms with Crippen LogP contribution >= 0.6 is 0 Å². The summed E-state index contributed by atoms with van der Waals surface area (Å²) < 4.78 is 5.06. The summed E-state index contributed by atoms with van der Waals surface area (Å²) in [5.41, 5.74) is 2.19. The number of hydrogen-bond acceptors (Lipinski definition) is 4. The van der Waals surface area contributed by atoms with E-state index in [1.54, 1.807) is 34.1 Å². The van der Waals surface area contributed by atoms with Crippen molar-refractivity contribution in [3.8, 4) is 5.75 Å². The summed E-state index contributed by atoms with van der Waals surface area (Å²) in [7, 11) is 0. The molecule has 146 valence electrons. The van der Waals surface area contributed by atoms with Crippen molar-refractivity contribution in [2.45, 2.75) is 20.3 Å². The minimum atomic E-state index is -0.426. The third-order valence-corrected chi connectivity index (χ3v) is 4.68. The highest BCUT2D eigenvalue weighted by Gasteiger charge is 2.24. The summed E-state index contributed by atoms with van der Waals surface area (Å²) in [4.78, 5) is 40.3. The van der Waals surface area contributed by atoms with Gasteiger partial charge in [0.1, 0.15) is 5.75 Å². The maximum absolute atomic E-state index is 12.9. The third-order valence-electron chi connectivity index (χ3n) is 4.68. The first-order valence-corrected chi connectivity index (χ1v) is 9.38. The first-order chi connectivity index (χ1) is 13.4. The van der Waals surface area contributed by atoms with E-state index in [0.29, 0.717) is 49.5 Å². The molecule has 0 saturated carbocycles. The van der Waals surface area contributed by atoms with Gasteiger partial charge in [-0.3, -0.25) is 14.4 Å². The quantitative estimate of drug-likeness (QED) is 0.607. The summed E-state index contributed by atoms with van der Waals surface area (Å²) in [6.07, 6.45) is 0.715. The highest BCUT2D eigenvalue weighted by atomic mass is 16.5. The largest absolute Gasteiger partial charge is 0.427 e. The van der Waals surface area contributed by atoms with Gasteiger partial charge in [0.25, 0.3) is 11.8 Å². The number of nitrogens with zero attached hydrogens (tertiary/aromatic N) is 2. The van der Waals surface area contributed by atoms with E-state index in [1.807, 2.05) is 31.2 Å². The summed E-state index contributed by atoms with van der Waals surface area (Å²) in [5.74, 6) is -0.206. The van der Waals surface area contributed by atoms with Crippen LogP contribution in [0.1, 0.15) is 39.6 Å². The fourth-order valence-corrected chi connectivity index (χ4v) is 3.33. The number of amides is 2. The molecule has 1 aliphatic heterocycles. The van der Waals surface area contributed by atoms with Crippen LogP contribution in [0.5, 0.6) is 5.75 Å². The molecular weight excluding hydrogens is 356 g/mol. The second-order valence-corrected chi connectivity index (χ2v) is 6.93. The maximum Gasteiger partial charge on any atom is 0.308 e. The smallest absolute Gasteiger partial charge is 0.308 e. The van der Waals surface area contributed by atoms with Crippen LogP contribution in [0.15, 0.2) is 48.5 Å². The number of aryl methyl sites for hydroxylation is 1. The molecule has 2 aromatic rings. The molecule has 0 aliphatic carbocycles. The molecule has 0 spiro atoms. The van der Waals surface area contributed by atoms with Gasteiger partial charge in [-0.1, -0.05) is 23.8 Å². The van der Waals surface area contributed by atoms with Crippen LogP contribution in [0.4, 0.5) is 0 Å². The van der Waals surface area contributed by atoms with Crippen molar-refractivity contribution in [3.05, 3.63) is 65.2 Å². The highest BCUT2D eigenvalue weighted by molar-refractivity contribution is 5.96. The molecule has 0 radical (unpaired) electrons. The SMILES string of the molecule is CC(=O)Oc1cccc(C(=O)N2CCCN(C(=O)c3cccc(C)c3)CC2)c1. The lowest BCUT2D eigenvalue weighted by atomic mass is 10.1. The molecule has 0 N–H and O–H groups in total. The van der Waals surface area contributed by atoms with Crippen LogP contribution in [-0.2, 0) is 4.79 Å². The molecule has 3 rings (SSSR count). The van der Waals surface area contributed by atoms with E-state index >= 15 is 0 Å². The number of benzene rings is 2. The summed E-state index contributed by atoms with van der Waals surface area (Å²) in [6.45, 7) is 5.43. The number of ether oxygens (including phenoxy) is 1. The maximum atomic E-state index is 12.9. The lowest BCUT2D eigenvalue weighted by Crippen LogP contribution is -2.37. The second kappa shape index (κ2) is 8.69. The van der Waals surface area contributed by atoms with Crippen molar-refractivity contribution in [2.24, 2.45) is 0 Å². The van der Waals surface area contributed by atoms with Crippen LogP contribution in [-0.4, -0.2) is 53.8 Å². The van der Waals surface area contributed by atoms with Gasteiger partial charge in [-0.15, -0.1) is 0 Å². The summed E-state index contributed by atoms with van der Waals surface area (Å²) in [6, 6.07) is 14.2. The zero-order chi connectivity index (χ0) is 20.1. The number of carbonyl (C=O) groups is 3. The molecule has 1 saturated heterocycles. The van der Waals surface area contributed by atoms with Gasteiger partial charge in [0.15, 0.2) is 0 Å². The molecule has 2 aromatic carbocycles. The number of rotatable bonds is 3. The monoisotopic (exact) mass is 380 g/mol. The molecule has 1 fully saturated rings. The Bertz CT molecular complexity index is 894. The fraction of sp³-hybridized carbons (Fsp3) is 0.318. The van der Waals surface area contributed by atoms with Crippen molar-refractivity contribution >= 4 is 17.8 Å². The van der Waals surface area contributed by atoms with Crippen molar-refractivity contribution in [1.82, 2.24) is 9.80 Å². The molecule has 0 atom stereocenters. The van der Waals surface area contributed by atoms with Crippen LogP contribution in [0.2, 0.25) is 0 Å². The molecule has 28 heavy (non-hydrogen) atoms. The summed E-state index contributed by atoms with van der Waals surface area (Å²) >= 11 is 0. The van der Waals surface area contributed by atoms with Gasteiger partial charge >= 0.3 is 5.97 Å². The van der Waals surface area contributed by atoms with E-state index in [4.69, 9.17) is 4.74 Å². The van der Waals surface area contributed by atoms with Gasteiger partial charge in [-0.05, 0) is 43.7 Å². The standard InChI is InChI=1S/C22H24N2O4/c1-16-6-3-7-18(14-16)21(26)23-10-5-11-24(13-12-23)22(27)19-8-4-9-20(15-19)28-17(2)25/h3-4,6-9,14-15H,5,10-13H2,1-2H3. The average Bonchev–Trinajstić information content (AvgIpc) is 2.93. The molecule has 6 heteroatoms. The Morgan fingerprint density at radius 2 is 1.39 bits per heavy atom. The highest BCUT2D eigenvalue weighted by Crippen LogP contribution is 2.17. The van der Waals surface area contributed by atoms with E-state index in [9.17, 15) is 14.4 Å². The average molecular weight is 380 g/mol. The third kappa shape index (κ3) is 4.76. The minimum Gasteiger partial charge on any atom is -0.427 e. The fourth-order valence-electron chi connectivity index (χ4n) is 3.33. The lowest BCUT2D eigenvalue weighted by molar-refractivity contribution is -0.131. The van der Waals surface area contributed by atoms with E-state index in [-0.39, 0.29) is 11.8 Å². The van der Waals surface area contributed by atoms with Crippen molar-refractivity contribution < 1.29 is 19.1 Å². The zero-order valence-electron chi connectivity index (χ0n) is 16.2. The molecular formula is C22H24N2O4. The predicted octanol–water partition coefficient (Wildman–Crippen LogP) is 2.91. The predicted molar refractivity (Wildman–Crippen MR) is 105 cm³/mol. The van der Waals surface area contributed by atoms with E-state index in [0.717, 1.165) is 5.56 Å². The van der Waals surface area contributed by atoms with Gasteiger partial charge in [-0.2, -0.15) is 0 Å². The normalized spacial score (nSPS) is 14.4. The Labute approximate surface area is 164 Å². The van der Waals surface area contributed by atoms with E-state index in [1.165, 1.54) is 6.92 Å². The Kier molecular flexibility index (Phi) is 6.09. The van der Waals surface area contributed by atoms with E-state index in [2.05, 4.69) is 0 Å². The van der Waals surface area contributed by atoms with Crippen LogP contribution in [0.25, 0.3) is 0 Å². The second-order valence-electron chi connectivity index (χ2n) is 6.93. The Morgan fingerprint density at radius 3 is 1.96 bits per heavy atom. The summed E-state index contributed by atoms with van der Waals surface area (Å²) in [5, 5.41) is 0. The van der Waals surface area contributed by atoms with Crippen LogP contribution in [0, 0.1) is 6.92 Å². The first-order valence-electron chi connectivity index (χ1n) is 9.38. The molecule has 0 unspecified atom stereocenters. The Hall–Kier alpha value is -3.15. The molecule has 0 aromatic heterocycles. The molecule has 2 amide bonds. The molecule has 1 heterocycles. The number of hydrogen-bond donors (Lipinski definition) is 0. The van der Waals surface area contributed by atoms with Gasteiger partial charge in [0.2, 0.25) is 0 Å². The van der Waals surface area contributed by atoms with Gasteiger partial charge in [0, 0.05) is 44.2 Å². The van der Waals surface area contributed by atoms with E-state index < -0.39 is 5.97 Å². The Balaban J connectivity index is 1.67. The van der Waals surface area contributed by atoms with Crippen molar-refractivity contribution in [3.63, 3.8) is 0 Å². The van der Waals surface area contributed by atoms with Crippen molar-refractivity contribution in [1.29, 1.82) is 0 Å². The van der Waals surface area contributed by atoms with Crippen LogP contribution in [0.3, 0.4) is 0 Å². The van der Waals surface area contributed by atoms with Gasteiger partial charge in [0.05, 0.1) is 0 Å². The first kappa shape index (κ1) is 19.6. The molecule has 1 aliphatic rings. The van der Waals surface area contributed by atoms with Crippen molar-refractivity contribution in [2.75, 3.05) is 26.2 Å². The minimum absolute atomic E-state index is 0.00476. The van der Waals surface area contributed by atoms with Gasteiger partial charge < -0.3 is 14.5 Å². The number of esters is 1. The zero-order valence-corrected chi connectivity index (χ0v) is 16.2.